The second kappa shape index (κ2) is 21.6. The molecule has 354 valence electrons. The second-order valence-corrected chi connectivity index (χ2v) is 20.2. The van der Waals surface area contributed by atoms with Crippen molar-refractivity contribution >= 4 is 17.8 Å². The average Bonchev–Trinajstić information content (AvgIpc) is 3.60. The first-order valence-electron chi connectivity index (χ1n) is 24.1. The van der Waals surface area contributed by atoms with Crippen molar-refractivity contribution in [2.24, 2.45) is 41.4 Å². The molecule has 0 unspecified atom stereocenters. The zero-order chi connectivity index (χ0) is 46.1. The zero-order valence-electron chi connectivity index (χ0n) is 40.5. The molecule has 0 bridgehead atoms. The SMILES string of the molecule is CC[C@@H](C(=O)[C@@H](C)[C@@H](O)[C@H](C)[C@@H]1O[C@@H]([C@@H](CC)C(=O)[O-])CC[C@@H]1C)[C@H]1O[C@]2(C=C[C@H](NC(=O)NCc3ccccc3)[C@]3(CC[C@@](C)([C@H]4CC[C@](O)(CC)[C@H](C)O4)O3)O2)[C@H](C)C[C@@H]1C.[Na+]. The number of hydrogen-bond acceptors (Lipinski definition) is 11. The molecule has 13 nitrogen and oxygen atoms in total. The normalized spacial score (nSPS) is 39.8. The van der Waals surface area contributed by atoms with Crippen molar-refractivity contribution < 1.29 is 82.9 Å². The molecule has 0 saturated carbocycles. The van der Waals surface area contributed by atoms with Gasteiger partial charge >= 0.3 is 35.6 Å². The van der Waals surface area contributed by atoms with Crippen molar-refractivity contribution in [1.29, 1.82) is 0 Å². The van der Waals surface area contributed by atoms with Crippen LogP contribution in [0.4, 0.5) is 4.79 Å². The van der Waals surface area contributed by atoms with Crippen LogP contribution in [0.15, 0.2) is 42.5 Å². The molecule has 4 fully saturated rings. The molecule has 0 aromatic heterocycles. The maximum Gasteiger partial charge on any atom is 1.00 e. The Balaban J connectivity index is 0.00000771. The van der Waals surface area contributed by atoms with Crippen molar-refractivity contribution in [3.8, 4) is 0 Å². The van der Waals surface area contributed by atoms with E-state index in [0.29, 0.717) is 64.3 Å². The number of carboxylic acids is 1. The van der Waals surface area contributed by atoms with Crippen molar-refractivity contribution in [2.75, 3.05) is 0 Å². The van der Waals surface area contributed by atoms with Gasteiger partial charge in [0.2, 0.25) is 0 Å². The van der Waals surface area contributed by atoms with E-state index in [-0.39, 0.29) is 65.2 Å². The predicted molar refractivity (Wildman–Crippen MR) is 236 cm³/mol. The summed E-state index contributed by atoms with van der Waals surface area (Å²) in [5.74, 6) is -6.51. The number of rotatable bonds is 15. The van der Waals surface area contributed by atoms with E-state index in [1.807, 2.05) is 84.0 Å². The molecule has 5 heterocycles. The standard InChI is InChI=1S/C50H78N2O11.Na/c1-11-36(45(55)56)38-20-19-29(4)43(60-38)33(8)41(53)32(7)42(54)37(12-2)44-30(5)27-31(6)49(61-44)24-21-39(52-46(57)51-28-35-17-15-14-16-18-35)50(63-49)26-25-47(10,62-50)40-22-23-48(58,13-3)34(9)59-40;/h14-18,21,24,29-34,36-41,43-44,53,58H,11-13,19-20,22-23,25-28H2,1-10H3,(H,55,56)(H2,51,52,57);/q;+1/p-1/t29-,30-,31+,32-,33-,34-,36+,37-,38+,39-,40+,41+,43+,44-,47-,48+,49-,50-;/m0./s1. The van der Waals surface area contributed by atoms with Crippen molar-refractivity contribution in [2.45, 2.75) is 205 Å². The number of carbonyl (C=O) groups excluding carboxylic acids is 3. The molecular weight excluding hydrogens is 828 g/mol. The number of ketones is 1. The summed E-state index contributed by atoms with van der Waals surface area (Å²) in [4.78, 5) is 40.2. The number of carbonyl (C=O) groups is 3. The van der Waals surface area contributed by atoms with Gasteiger partial charge in [0, 0.05) is 48.5 Å². The molecule has 1 aromatic rings. The zero-order valence-corrected chi connectivity index (χ0v) is 42.5. The van der Waals surface area contributed by atoms with Crippen LogP contribution < -0.4 is 45.3 Å². The van der Waals surface area contributed by atoms with Crippen LogP contribution in [-0.4, -0.2) is 93.4 Å². The summed E-state index contributed by atoms with van der Waals surface area (Å²) in [5.41, 5.74) is -0.772. The number of urea groups is 1. The average molecular weight is 905 g/mol. The maximum absolute atomic E-state index is 14.7. The first-order chi connectivity index (χ1) is 29.8. The van der Waals surface area contributed by atoms with E-state index in [0.717, 1.165) is 12.0 Å². The van der Waals surface area contributed by atoms with Gasteiger partial charge in [0.25, 0.3) is 0 Å². The number of amides is 2. The molecule has 18 atom stereocenters. The quantitative estimate of drug-likeness (QED) is 0.150. The van der Waals surface area contributed by atoms with Gasteiger partial charge in [-0.1, -0.05) is 91.8 Å². The third kappa shape index (κ3) is 10.8. The van der Waals surface area contributed by atoms with Crippen molar-refractivity contribution in [1.82, 2.24) is 10.6 Å². The van der Waals surface area contributed by atoms with E-state index in [1.54, 1.807) is 6.92 Å². The van der Waals surface area contributed by atoms with E-state index >= 15 is 0 Å². The number of ether oxygens (including phenoxy) is 5. The van der Waals surface area contributed by atoms with Gasteiger partial charge in [0.05, 0.1) is 47.8 Å². The fourth-order valence-electron chi connectivity index (χ4n) is 11.6. The number of hydrogen-bond donors (Lipinski definition) is 4. The van der Waals surface area contributed by atoms with Crippen molar-refractivity contribution in [3.63, 3.8) is 0 Å². The molecule has 4 saturated heterocycles. The monoisotopic (exact) mass is 905 g/mol. The summed E-state index contributed by atoms with van der Waals surface area (Å²) in [6.07, 6.45) is 6.18. The van der Waals surface area contributed by atoms with Crippen LogP contribution in [-0.2, 0) is 39.8 Å². The summed E-state index contributed by atoms with van der Waals surface area (Å²) in [5, 5.41) is 41.2. The van der Waals surface area contributed by atoms with Gasteiger partial charge < -0.3 is 54.4 Å². The molecule has 0 radical (unpaired) electrons. The topological polar surface area (TPSA) is 185 Å². The van der Waals surface area contributed by atoms with E-state index in [1.165, 1.54) is 0 Å². The van der Waals surface area contributed by atoms with Crippen LogP contribution in [0.1, 0.15) is 139 Å². The molecule has 2 amide bonds. The molecule has 0 aliphatic carbocycles. The van der Waals surface area contributed by atoms with E-state index in [9.17, 15) is 29.7 Å². The molecule has 6 rings (SSSR count). The van der Waals surface area contributed by atoms with Gasteiger partial charge in [-0.05, 0) is 95.1 Å². The Morgan fingerprint density at radius 2 is 1.58 bits per heavy atom. The Bertz CT molecular complexity index is 1770. The Kier molecular flexibility index (Phi) is 17.9. The smallest absolute Gasteiger partial charge is 0.550 e. The first kappa shape index (κ1) is 53.1. The van der Waals surface area contributed by atoms with Crippen LogP contribution in [0.3, 0.4) is 0 Å². The second-order valence-electron chi connectivity index (χ2n) is 20.2. The Labute approximate surface area is 404 Å². The predicted octanol–water partition coefficient (Wildman–Crippen LogP) is 3.36. The summed E-state index contributed by atoms with van der Waals surface area (Å²) < 4.78 is 34.6. The van der Waals surface area contributed by atoms with E-state index < -0.39 is 89.0 Å². The molecule has 2 spiro atoms. The summed E-state index contributed by atoms with van der Waals surface area (Å²) in [6.45, 7) is 19.9. The fraction of sp³-hybridized carbons (Fsp3) is 0.780. The molecule has 5 aliphatic rings. The van der Waals surface area contributed by atoms with Gasteiger partial charge in [-0.2, -0.15) is 0 Å². The van der Waals surface area contributed by atoms with Gasteiger partial charge in [0.15, 0.2) is 11.6 Å². The first-order valence-corrected chi connectivity index (χ1v) is 24.1. The summed E-state index contributed by atoms with van der Waals surface area (Å²) in [6, 6.07) is 8.60. The minimum atomic E-state index is -1.36. The number of Topliss-reactive ketones (excluding diaryl/α,β-unsaturated/α-hetero) is 1. The fourth-order valence-corrected chi connectivity index (χ4v) is 11.6. The number of aliphatic hydroxyl groups is 2. The summed E-state index contributed by atoms with van der Waals surface area (Å²) in [7, 11) is 0. The van der Waals surface area contributed by atoms with E-state index in [2.05, 4.69) is 31.4 Å². The molecule has 5 aliphatic heterocycles. The number of nitrogens with one attached hydrogen (secondary N) is 2. The Hall–Kier alpha value is -1.91. The molecule has 14 heteroatoms. The Morgan fingerprint density at radius 3 is 2.20 bits per heavy atom. The number of aliphatic carboxylic acids is 1. The molecule has 4 N–H and O–H groups in total. The van der Waals surface area contributed by atoms with Gasteiger partial charge in [-0.25, -0.2) is 4.79 Å². The third-order valence-electron chi connectivity index (χ3n) is 16.0. The number of carboxylic acid groups (broad SMARTS) is 1. The van der Waals surface area contributed by atoms with Crippen LogP contribution >= 0.6 is 0 Å². The third-order valence-corrected chi connectivity index (χ3v) is 16.0. The number of benzene rings is 1. The van der Waals surface area contributed by atoms with Gasteiger partial charge in [-0.15, -0.1) is 0 Å². The maximum atomic E-state index is 14.7. The van der Waals surface area contributed by atoms with E-state index in [4.69, 9.17) is 23.7 Å². The minimum Gasteiger partial charge on any atom is -0.550 e. The van der Waals surface area contributed by atoms with Crippen LogP contribution in [0.25, 0.3) is 0 Å². The van der Waals surface area contributed by atoms with Crippen LogP contribution in [0.5, 0.6) is 0 Å². The summed E-state index contributed by atoms with van der Waals surface area (Å²) >= 11 is 0. The van der Waals surface area contributed by atoms with Crippen LogP contribution in [0.2, 0.25) is 0 Å². The largest absolute Gasteiger partial charge is 1.00 e. The Morgan fingerprint density at radius 1 is 0.891 bits per heavy atom. The molecule has 1 aromatic carbocycles. The minimum absolute atomic E-state index is 0. The number of aliphatic hydroxyl groups excluding tert-OH is 1. The van der Waals surface area contributed by atoms with Crippen molar-refractivity contribution in [3.05, 3.63) is 48.0 Å². The molecule has 64 heavy (non-hydrogen) atoms. The molecular formula is C50H77N2NaO11. The van der Waals surface area contributed by atoms with Gasteiger partial charge in [0.1, 0.15) is 11.8 Å². The van der Waals surface area contributed by atoms with Gasteiger partial charge in [-0.3, -0.25) is 4.79 Å². The van der Waals surface area contributed by atoms with Crippen LogP contribution in [0, 0.1) is 41.4 Å².